The normalized spacial score (nSPS) is 19.9. The number of amides is 2. The summed E-state index contributed by atoms with van der Waals surface area (Å²) in [7, 11) is 2.06. The lowest BCUT2D eigenvalue weighted by atomic mass is 9.88. The van der Waals surface area contributed by atoms with E-state index in [-0.39, 0.29) is 23.7 Å². The van der Waals surface area contributed by atoms with Crippen LogP contribution in [0.1, 0.15) is 41.4 Å². The molecule has 1 heterocycles. The largest absolute Gasteiger partial charge is 0.397 e. The van der Waals surface area contributed by atoms with Crippen molar-refractivity contribution in [3.63, 3.8) is 0 Å². The number of nitrogens with two attached hydrogens (primary N) is 1. The molecule has 0 unspecified atom stereocenters. The number of hydrogen-bond acceptors (Lipinski definition) is 4. The summed E-state index contributed by atoms with van der Waals surface area (Å²) in [5, 5.41) is 5.92. The van der Waals surface area contributed by atoms with Crippen LogP contribution >= 0.6 is 0 Å². The molecule has 1 aliphatic carbocycles. The van der Waals surface area contributed by atoms with Gasteiger partial charge in [-0.3, -0.25) is 9.59 Å². The number of anilines is 3. The number of rotatable bonds is 7. The highest BCUT2D eigenvalue weighted by Crippen LogP contribution is 2.40. The van der Waals surface area contributed by atoms with Crippen molar-refractivity contribution in [1.29, 1.82) is 0 Å². The number of hydrogen-bond donors (Lipinski definition) is 3. The molecular formula is C30H32N4O2. The molecule has 0 radical (unpaired) electrons. The van der Waals surface area contributed by atoms with E-state index in [0.717, 1.165) is 29.9 Å². The zero-order valence-corrected chi connectivity index (χ0v) is 20.5. The molecule has 2 fully saturated rings. The highest BCUT2D eigenvalue weighted by molar-refractivity contribution is 6.03. The molecule has 3 aromatic carbocycles. The maximum Gasteiger partial charge on any atom is 0.248 e. The lowest BCUT2D eigenvalue weighted by Gasteiger charge is -2.19. The maximum absolute atomic E-state index is 13.2. The van der Waals surface area contributed by atoms with E-state index in [1.807, 2.05) is 36.4 Å². The molecule has 3 aromatic rings. The van der Waals surface area contributed by atoms with Crippen molar-refractivity contribution in [3.05, 3.63) is 95.6 Å². The zero-order valence-electron chi connectivity index (χ0n) is 20.5. The van der Waals surface area contributed by atoms with E-state index in [9.17, 15) is 9.59 Å². The molecule has 2 atom stereocenters. The van der Waals surface area contributed by atoms with E-state index < -0.39 is 0 Å². The van der Waals surface area contributed by atoms with Crippen LogP contribution in [0.3, 0.4) is 0 Å². The van der Waals surface area contributed by atoms with Crippen molar-refractivity contribution < 1.29 is 9.59 Å². The number of para-hydroxylation sites is 2. The fraction of sp³-hybridized carbons (Fsp3) is 0.267. The van der Waals surface area contributed by atoms with Gasteiger partial charge in [-0.15, -0.1) is 0 Å². The molecule has 6 heteroatoms. The number of nitrogen functional groups attached to an aromatic ring is 1. The average molecular weight is 481 g/mol. The molecule has 0 aromatic heterocycles. The van der Waals surface area contributed by atoms with E-state index in [4.69, 9.17) is 5.73 Å². The molecule has 1 aliphatic heterocycles. The Morgan fingerprint density at radius 3 is 2.28 bits per heavy atom. The molecule has 5 rings (SSSR count). The van der Waals surface area contributed by atoms with Gasteiger partial charge in [-0.2, -0.15) is 0 Å². The second-order valence-electron chi connectivity index (χ2n) is 9.90. The molecular weight excluding hydrogens is 448 g/mol. The Bertz CT molecular complexity index is 1260. The van der Waals surface area contributed by atoms with Crippen molar-refractivity contribution >= 4 is 35.0 Å². The Kier molecular flexibility index (Phi) is 6.87. The van der Waals surface area contributed by atoms with Crippen LogP contribution in [0.2, 0.25) is 0 Å². The molecule has 1 saturated carbocycles. The predicted molar refractivity (Wildman–Crippen MR) is 146 cm³/mol. The summed E-state index contributed by atoms with van der Waals surface area (Å²) in [6.07, 6.45) is 5.81. The van der Waals surface area contributed by atoms with E-state index in [1.165, 1.54) is 24.5 Å². The molecule has 2 aliphatic rings. The number of benzene rings is 3. The monoisotopic (exact) mass is 480 g/mol. The SMILES string of the molecule is CN1C[C@H](C(=O)Nc2ccc(C3CC3)cc2)[C@@H](c2ccc(/C=C/C(=O)Nc3ccccc3N)cc2)C1. The number of likely N-dealkylation sites (tertiary alicyclic amines) is 1. The van der Waals surface area contributed by atoms with Crippen molar-refractivity contribution in [2.24, 2.45) is 5.92 Å². The molecule has 1 saturated heterocycles. The average Bonchev–Trinajstić information content (AvgIpc) is 3.66. The van der Waals surface area contributed by atoms with Crippen LogP contribution in [0.5, 0.6) is 0 Å². The fourth-order valence-electron chi connectivity index (χ4n) is 4.91. The van der Waals surface area contributed by atoms with E-state index in [1.54, 1.807) is 18.2 Å². The van der Waals surface area contributed by atoms with Crippen LogP contribution < -0.4 is 16.4 Å². The Hall–Kier alpha value is -3.90. The first kappa shape index (κ1) is 23.8. The first-order valence-corrected chi connectivity index (χ1v) is 12.5. The van der Waals surface area contributed by atoms with Crippen LogP contribution in [0.25, 0.3) is 6.08 Å². The van der Waals surface area contributed by atoms with Gasteiger partial charge >= 0.3 is 0 Å². The summed E-state index contributed by atoms with van der Waals surface area (Å²) in [6.45, 7) is 1.55. The molecule has 0 spiro atoms. The smallest absolute Gasteiger partial charge is 0.248 e. The van der Waals surface area contributed by atoms with Crippen molar-refractivity contribution in [1.82, 2.24) is 4.90 Å². The Morgan fingerprint density at radius 1 is 0.889 bits per heavy atom. The maximum atomic E-state index is 13.2. The third kappa shape index (κ3) is 5.66. The quantitative estimate of drug-likeness (QED) is 0.325. The van der Waals surface area contributed by atoms with Crippen LogP contribution in [0, 0.1) is 5.92 Å². The molecule has 0 bridgehead atoms. The molecule has 184 valence electrons. The summed E-state index contributed by atoms with van der Waals surface area (Å²) >= 11 is 0. The van der Waals surface area contributed by atoms with Gasteiger partial charge < -0.3 is 21.3 Å². The minimum absolute atomic E-state index is 0.0596. The Labute approximate surface area is 212 Å². The van der Waals surface area contributed by atoms with E-state index in [2.05, 4.69) is 46.8 Å². The minimum atomic E-state index is -0.240. The molecule has 4 N–H and O–H groups in total. The number of nitrogens with zero attached hydrogens (tertiary/aromatic N) is 1. The molecule has 2 amide bonds. The van der Waals surface area contributed by atoms with Gasteiger partial charge in [0.25, 0.3) is 0 Å². The topological polar surface area (TPSA) is 87.5 Å². The standard InChI is InChI=1S/C30H32N4O2/c1-34-18-25(26(19-34)30(36)32-24-15-13-22(14-16-24)21-11-12-21)23-9-6-20(7-10-23)8-17-29(35)33-28-5-3-2-4-27(28)31/h2-10,13-17,21,25-26H,11-12,18-19,31H2,1H3,(H,32,36)(H,33,35)/b17-8+/t25-,26+/m1/s1. The number of carbonyl (C=O) groups is 2. The predicted octanol–water partition coefficient (Wildman–Crippen LogP) is 5.08. The van der Waals surface area contributed by atoms with Crippen LogP contribution in [0.4, 0.5) is 17.1 Å². The molecule has 6 nitrogen and oxygen atoms in total. The summed E-state index contributed by atoms with van der Waals surface area (Å²) in [6, 6.07) is 23.5. The zero-order chi connectivity index (χ0) is 25.1. The first-order valence-electron chi connectivity index (χ1n) is 12.5. The Morgan fingerprint density at radius 2 is 1.58 bits per heavy atom. The van der Waals surface area contributed by atoms with Crippen LogP contribution in [-0.2, 0) is 9.59 Å². The van der Waals surface area contributed by atoms with Crippen LogP contribution in [-0.4, -0.2) is 36.9 Å². The third-order valence-corrected chi connectivity index (χ3v) is 7.08. The van der Waals surface area contributed by atoms with Crippen molar-refractivity contribution in [2.75, 3.05) is 36.5 Å². The number of nitrogens with one attached hydrogen (secondary N) is 2. The van der Waals surface area contributed by atoms with Gasteiger partial charge in [0.15, 0.2) is 0 Å². The van der Waals surface area contributed by atoms with Gasteiger partial charge in [0, 0.05) is 30.8 Å². The van der Waals surface area contributed by atoms with Gasteiger partial charge in [-0.1, -0.05) is 48.5 Å². The van der Waals surface area contributed by atoms with Crippen molar-refractivity contribution in [3.8, 4) is 0 Å². The summed E-state index contributed by atoms with van der Waals surface area (Å²) in [5.74, 6) is 0.517. The van der Waals surface area contributed by atoms with E-state index >= 15 is 0 Å². The van der Waals surface area contributed by atoms with Crippen LogP contribution in [0.15, 0.2) is 78.9 Å². The molecule has 36 heavy (non-hydrogen) atoms. The summed E-state index contributed by atoms with van der Waals surface area (Å²) < 4.78 is 0. The van der Waals surface area contributed by atoms with Crippen molar-refractivity contribution in [2.45, 2.75) is 24.7 Å². The number of likely N-dealkylation sites (N-methyl/N-ethyl adjacent to an activating group) is 1. The second-order valence-corrected chi connectivity index (χ2v) is 9.90. The minimum Gasteiger partial charge on any atom is -0.397 e. The summed E-state index contributed by atoms with van der Waals surface area (Å²) in [4.78, 5) is 27.7. The highest BCUT2D eigenvalue weighted by atomic mass is 16.2. The number of carbonyl (C=O) groups excluding carboxylic acids is 2. The first-order chi connectivity index (χ1) is 17.5. The third-order valence-electron chi connectivity index (χ3n) is 7.08. The van der Waals surface area contributed by atoms with Gasteiger partial charge in [0.2, 0.25) is 11.8 Å². The second kappa shape index (κ2) is 10.4. The summed E-state index contributed by atoms with van der Waals surface area (Å²) in [5.41, 5.74) is 11.3. The van der Waals surface area contributed by atoms with Gasteiger partial charge in [-0.05, 0) is 72.8 Å². The van der Waals surface area contributed by atoms with Gasteiger partial charge in [0.05, 0.1) is 17.3 Å². The lowest BCUT2D eigenvalue weighted by molar-refractivity contribution is -0.119. The highest BCUT2D eigenvalue weighted by Gasteiger charge is 2.37. The lowest BCUT2D eigenvalue weighted by Crippen LogP contribution is -2.28. The Balaban J connectivity index is 1.21. The van der Waals surface area contributed by atoms with E-state index in [0.29, 0.717) is 17.3 Å². The van der Waals surface area contributed by atoms with Gasteiger partial charge in [0.1, 0.15) is 0 Å². The fourth-order valence-corrected chi connectivity index (χ4v) is 4.91. The van der Waals surface area contributed by atoms with Gasteiger partial charge in [-0.25, -0.2) is 0 Å².